The number of anilines is 2. The molecule has 24 heavy (non-hydrogen) atoms. The molecule has 0 aliphatic heterocycles. The lowest BCUT2D eigenvalue weighted by atomic mass is 10.1. The molecule has 0 aliphatic rings. The molecule has 0 aliphatic carbocycles. The Bertz CT molecular complexity index is 744. The van der Waals surface area contributed by atoms with Crippen LogP contribution in [0.1, 0.15) is 17.3 Å². The van der Waals surface area contributed by atoms with Crippen molar-refractivity contribution >= 4 is 23.1 Å². The molecule has 1 amide bonds. The van der Waals surface area contributed by atoms with E-state index < -0.39 is 0 Å². The van der Waals surface area contributed by atoms with Crippen LogP contribution in [-0.4, -0.2) is 32.5 Å². The van der Waals surface area contributed by atoms with Gasteiger partial charge in [0.1, 0.15) is 11.5 Å². The summed E-state index contributed by atoms with van der Waals surface area (Å²) in [5.74, 6) is 0.906. The van der Waals surface area contributed by atoms with Crippen molar-refractivity contribution in [2.24, 2.45) is 0 Å². The van der Waals surface area contributed by atoms with Gasteiger partial charge in [-0.2, -0.15) is 0 Å². The van der Waals surface area contributed by atoms with Crippen molar-refractivity contribution in [2.45, 2.75) is 6.92 Å². The molecule has 2 N–H and O–H groups in total. The number of carbonyl (C=O) groups excluding carboxylic acids is 2. The van der Waals surface area contributed by atoms with Gasteiger partial charge in [0.15, 0.2) is 5.78 Å². The first kappa shape index (κ1) is 17.3. The molecule has 2 aromatic rings. The Balaban J connectivity index is 1.99. The summed E-state index contributed by atoms with van der Waals surface area (Å²) in [6.07, 6.45) is 0. The number of methoxy groups -OCH3 is 2. The van der Waals surface area contributed by atoms with E-state index in [9.17, 15) is 9.59 Å². The molecule has 0 atom stereocenters. The Hall–Kier alpha value is -3.02. The van der Waals surface area contributed by atoms with Gasteiger partial charge in [0, 0.05) is 17.3 Å². The van der Waals surface area contributed by atoms with E-state index in [1.165, 1.54) is 14.0 Å². The van der Waals surface area contributed by atoms with Gasteiger partial charge in [-0.25, -0.2) is 0 Å². The molecule has 0 saturated heterocycles. The van der Waals surface area contributed by atoms with Crippen LogP contribution in [0.2, 0.25) is 0 Å². The third kappa shape index (κ3) is 4.49. The molecule has 0 bridgehead atoms. The van der Waals surface area contributed by atoms with Gasteiger partial charge in [-0.05, 0) is 31.2 Å². The zero-order valence-corrected chi connectivity index (χ0v) is 13.9. The maximum Gasteiger partial charge on any atom is 0.243 e. The number of benzene rings is 2. The quantitative estimate of drug-likeness (QED) is 0.764. The van der Waals surface area contributed by atoms with Gasteiger partial charge in [0.05, 0.1) is 26.5 Å². The van der Waals surface area contributed by atoms with Gasteiger partial charge < -0.3 is 20.1 Å². The highest BCUT2D eigenvalue weighted by Crippen LogP contribution is 2.28. The summed E-state index contributed by atoms with van der Waals surface area (Å²) in [7, 11) is 3.09. The van der Waals surface area contributed by atoms with Crippen molar-refractivity contribution in [1.82, 2.24) is 0 Å². The summed E-state index contributed by atoms with van der Waals surface area (Å²) in [6.45, 7) is 1.57. The van der Waals surface area contributed by atoms with Crippen LogP contribution < -0.4 is 20.1 Å². The summed E-state index contributed by atoms with van der Waals surface area (Å²) >= 11 is 0. The van der Waals surface area contributed by atoms with Crippen LogP contribution in [-0.2, 0) is 4.79 Å². The van der Waals surface area contributed by atoms with Crippen molar-refractivity contribution in [3.63, 3.8) is 0 Å². The van der Waals surface area contributed by atoms with E-state index in [1.807, 2.05) is 0 Å². The molecule has 6 heteroatoms. The van der Waals surface area contributed by atoms with Crippen LogP contribution in [0, 0.1) is 0 Å². The molecule has 6 nitrogen and oxygen atoms in total. The summed E-state index contributed by atoms with van der Waals surface area (Å²) in [5.41, 5.74) is 1.86. The molecule has 0 spiro atoms. The maximum absolute atomic E-state index is 12.1. The van der Waals surface area contributed by atoms with Gasteiger partial charge in [0.2, 0.25) is 5.91 Å². The van der Waals surface area contributed by atoms with Crippen LogP contribution in [0.4, 0.5) is 11.4 Å². The molecule has 0 saturated carbocycles. The van der Waals surface area contributed by atoms with E-state index in [0.717, 1.165) is 0 Å². The number of amides is 1. The first-order valence-electron chi connectivity index (χ1n) is 7.40. The first-order valence-corrected chi connectivity index (χ1v) is 7.40. The smallest absolute Gasteiger partial charge is 0.243 e. The fourth-order valence-electron chi connectivity index (χ4n) is 2.13. The molecule has 0 aromatic heterocycles. The highest BCUT2D eigenvalue weighted by molar-refractivity contribution is 5.96. The van der Waals surface area contributed by atoms with Gasteiger partial charge in [-0.3, -0.25) is 9.59 Å². The average Bonchev–Trinajstić information content (AvgIpc) is 2.60. The van der Waals surface area contributed by atoms with Crippen LogP contribution in [0.25, 0.3) is 0 Å². The molecule has 0 fully saturated rings. The van der Waals surface area contributed by atoms with E-state index in [0.29, 0.717) is 28.4 Å². The minimum atomic E-state index is -0.230. The Labute approximate surface area is 140 Å². The van der Waals surface area contributed by atoms with Gasteiger partial charge in [-0.15, -0.1) is 0 Å². The number of hydrogen-bond donors (Lipinski definition) is 2. The second-order valence-corrected chi connectivity index (χ2v) is 5.10. The van der Waals surface area contributed by atoms with E-state index in [1.54, 1.807) is 49.6 Å². The Morgan fingerprint density at radius 3 is 2.50 bits per heavy atom. The Kier molecular flexibility index (Phi) is 5.78. The predicted octanol–water partition coefficient (Wildman–Crippen LogP) is 2.96. The minimum Gasteiger partial charge on any atom is -0.497 e. The third-order valence-corrected chi connectivity index (χ3v) is 3.40. The van der Waals surface area contributed by atoms with Gasteiger partial charge in [0.25, 0.3) is 0 Å². The first-order chi connectivity index (χ1) is 11.5. The normalized spacial score (nSPS) is 9.96. The zero-order chi connectivity index (χ0) is 17.5. The monoisotopic (exact) mass is 328 g/mol. The summed E-state index contributed by atoms with van der Waals surface area (Å²) in [5, 5.41) is 5.76. The van der Waals surface area contributed by atoms with Crippen LogP contribution in [0.5, 0.6) is 11.5 Å². The number of nitrogens with one attached hydrogen (secondary N) is 2. The van der Waals surface area contributed by atoms with E-state index in [4.69, 9.17) is 9.47 Å². The molecule has 0 heterocycles. The van der Waals surface area contributed by atoms with Crippen molar-refractivity contribution in [2.75, 3.05) is 31.4 Å². The second kappa shape index (κ2) is 8.01. The second-order valence-electron chi connectivity index (χ2n) is 5.10. The summed E-state index contributed by atoms with van der Waals surface area (Å²) in [4.78, 5) is 23.5. The lowest BCUT2D eigenvalue weighted by molar-refractivity contribution is -0.114. The highest BCUT2D eigenvalue weighted by Gasteiger charge is 2.09. The number of hydrogen-bond acceptors (Lipinski definition) is 5. The maximum atomic E-state index is 12.1. The van der Waals surface area contributed by atoms with E-state index >= 15 is 0 Å². The minimum absolute atomic E-state index is 0.0222. The van der Waals surface area contributed by atoms with E-state index in [-0.39, 0.29) is 18.2 Å². The Morgan fingerprint density at radius 2 is 1.83 bits per heavy atom. The number of rotatable bonds is 7. The SMILES string of the molecule is COc1ccc(NC(=O)CNc2cccc(C(C)=O)c2)c(OC)c1. The molecule has 126 valence electrons. The fraction of sp³-hybridized carbons (Fsp3) is 0.222. The molecular weight excluding hydrogens is 308 g/mol. The van der Waals surface area contributed by atoms with Crippen molar-refractivity contribution in [3.05, 3.63) is 48.0 Å². The summed E-state index contributed by atoms with van der Waals surface area (Å²) in [6, 6.07) is 12.2. The molecule has 2 rings (SSSR count). The fourth-order valence-corrected chi connectivity index (χ4v) is 2.13. The van der Waals surface area contributed by atoms with E-state index in [2.05, 4.69) is 10.6 Å². The lowest BCUT2D eigenvalue weighted by Crippen LogP contribution is -2.22. The molecule has 2 aromatic carbocycles. The molecular formula is C18H20N2O4. The number of ketones is 1. The van der Waals surface area contributed by atoms with Gasteiger partial charge >= 0.3 is 0 Å². The topological polar surface area (TPSA) is 76.7 Å². The van der Waals surface area contributed by atoms with Crippen molar-refractivity contribution in [1.29, 1.82) is 0 Å². The number of carbonyl (C=O) groups is 2. The van der Waals surface area contributed by atoms with Gasteiger partial charge in [-0.1, -0.05) is 12.1 Å². The number of ether oxygens (including phenoxy) is 2. The van der Waals surface area contributed by atoms with Crippen LogP contribution in [0.15, 0.2) is 42.5 Å². The predicted molar refractivity (Wildman–Crippen MR) is 93.1 cm³/mol. The highest BCUT2D eigenvalue weighted by atomic mass is 16.5. The zero-order valence-electron chi connectivity index (χ0n) is 13.9. The summed E-state index contributed by atoms with van der Waals surface area (Å²) < 4.78 is 10.4. The van der Waals surface area contributed by atoms with Crippen LogP contribution >= 0.6 is 0 Å². The molecule has 0 radical (unpaired) electrons. The molecule has 0 unspecified atom stereocenters. The largest absolute Gasteiger partial charge is 0.497 e. The Morgan fingerprint density at radius 1 is 1.04 bits per heavy atom. The number of Topliss-reactive ketones (excluding diaryl/α,β-unsaturated/α-hetero) is 1. The average molecular weight is 328 g/mol. The lowest BCUT2D eigenvalue weighted by Gasteiger charge is -2.12. The third-order valence-electron chi connectivity index (χ3n) is 3.40. The van der Waals surface area contributed by atoms with Crippen molar-refractivity contribution < 1.29 is 19.1 Å². The van der Waals surface area contributed by atoms with Crippen molar-refractivity contribution in [3.8, 4) is 11.5 Å². The standard InChI is InChI=1S/C18H20N2O4/c1-12(21)13-5-4-6-14(9-13)19-11-18(22)20-16-8-7-15(23-2)10-17(16)24-3/h4-10,19H,11H2,1-3H3,(H,20,22). The van der Waals surface area contributed by atoms with Crippen LogP contribution in [0.3, 0.4) is 0 Å².